The maximum absolute atomic E-state index is 5.47. The van der Waals surface area contributed by atoms with Crippen LogP contribution in [0, 0.1) is 5.41 Å². The Kier molecular flexibility index (Phi) is 3.61. The molecular formula is C12H21N3O. The van der Waals surface area contributed by atoms with Gasteiger partial charge in [-0.3, -0.25) is 4.68 Å². The summed E-state index contributed by atoms with van der Waals surface area (Å²) in [5, 5.41) is 7.56. The van der Waals surface area contributed by atoms with Crippen molar-refractivity contribution in [3.63, 3.8) is 0 Å². The molecule has 0 bridgehead atoms. The fraction of sp³-hybridized carbons (Fsp3) is 0.750. The summed E-state index contributed by atoms with van der Waals surface area (Å²) in [4.78, 5) is 0. The van der Waals surface area contributed by atoms with E-state index in [0.717, 1.165) is 39.0 Å². The number of hydrogen-bond acceptors (Lipinski definition) is 3. The van der Waals surface area contributed by atoms with Crippen LogP contribution in [0.3, 0.4) is 0 Å². The zero-order valence-corrected chi connectivity index (χ0v) is 10.2. The largest absolute Gasteiger partial charge is 0.381 e. The minimum Gasteiger partial charge on any atom is -0.381 e. The van der Waals surface area contributed by atoms with Crippen molar-refractivity contribution in [1.82, 2.24) is 15.1 Å². The second kappa shape index (κ2) is 4.97. The Morgan fingerprint density at radius 2 is 2.25 bits per heavy atom. The van der Waals surface area contributed by atoms with Crippen LogP contribution >= 0.6 is 0 Å². The molecule has 1 aromatic rings. The molecule has 1 aliphatic rings. The minimum absolute atomic E-state index is 0.357. The Morgan fingerprint density at radius 1 is 1.50 bits per heavy atom. The van der Waals surface area contributed by atoms with Crippen molar-refractivity contribution in [2.45, 2.75) is 19.3 Å². The van der Waals surface area contributed by atoms with Crippen molar-refractivity contribution in [2.24, 2.45) is 12.5 Å². The van der Waals surface area contributed by atoms with Gasteiger partial charge in [0.15, 0.2) is 0 Å². The van der Waals surface area contributed by atoms with E-state index in [1.807, 2.05) is 25.0 Å². The van der Waals surface area contributed by atoms with Gasteiger partial charge in [0.2, 0.25) is 0 Å². The predicted octanol–water partition coefficient (Wildman–Crippen LogP) is 0.979. The number of ether oxygens (including phenoxy) is 1. The molecule has 1 N–H and O–H groups in total. The van der Waals surface area contributed by atoms with Gasteiger partial charge in [-0.25, -0.2) is 0 Å². The van der Waals surface area contributed by atoms with Crippen LogP contribution in [0.5, 0.6) is 0 Å². The fourth-order valence-electron chi connectivity index (χ4n) is 2.59. The summed E-state index contributed by atoms with van der Waals surface area (Å²) in [6.07, 6.45) is 7.48. The summed E-state index contributed by atoms with van der Waals surface area (Å²) in [7, 11) is 4.00. The monoisotopic (exact) mass is 223 g/mol. The number of nitrogens with one attached hydrogen (secondary N) is 1. The summed E-state index contributed by atoms with van der Waals surface area (Å²) >= 11 is 0. The molecule has 0 aromatic carbocycles. The van der Waals surface area contributed by atoms with Crippen LogP contribution in [-0.2, 0) is 18.2 Å². The Balaban J connectivity index is 2.06. The SMILES string of the molecule is CNCC1(Cc2cnn(C)c2)CCOCC1. The van der Waals surface area contributed by atoms with E-state index in [0.29, 0.717) is 5.41 Å². The Hall–Kier alpha value is -0.870. The molecule has 0 spiro atoms. The molecule has 0 radical (unpaired) electrons. The zero-order chi connectivity index (χ0) is 11.4. The van der Waals surface area contributed by atoms with Crippen molar-refractivity contribution in [3.05, 3.63) is 18.0 Å². The summed E-state index contributed by atoms with van der Waals surface area (Å²) in [5.41, 5.74) is 1.69. The molecule has 4 nitrogen and oxygen atoms in total. The highest BCUT2D eigenvalue weighted by atomic mass is 16.5. The van der Waals surface area contributed by atoms with Crippen LogP contribution < -0.4 is 5.32 Å². The lowest BCUT2D eigenvalue weighted by Gasteiger charge is -2.37. The highest BCUT2D eigenvalue weighted by Crippen LogP contribution is 2.33. The standard InChI is InChI=1S/C12H21N3O/c1-13-10-12(3-5-16-6-4-12)7-11-8-14-15(2)9-11/h8-9,13H,3-7,10H2,1-2H3. The number of rotatable bonds is 4. The maximum Gasteiger partial charge on any atom is 0.0521 e. The summed E-state index contributed by atoms with van der Waals surface area (Å²) < 4.78 is 7.34. The summed E-state index contributed by atoms with van der Waals surface area (Å²) in [6.45, 7) is 2.84. The number of nitrogens with zero attached hydrogens (tertiary/aromatic N) is 2. The first-order valence-corrected chi connectivity index (χ1v) is 5.94. The highest BCUT2D eigenvalue weighted by Gasteiger charge is 2.32. The molecular weight excluding hydrogens is 202 g/mol. The van der Waals surface area contributed by atoms with Crippen molar-refractivity contribution >= 4 is 0 Å². The normalized spacial score (nSPS) is 19.9. The fourth-order valence-corrected chi connectivity index (χ4v) is 2.59. The van der Waals surface area contributed by atoms with Gasteiger partial charge in [0, 0.05) is 33.0 Å². The lowest BCUT2D eigenvalue weighted by Crippen LogP contribution is -2.39. The average molecular weight is 223 g/mol. The van der Waals surface area contributed by atoms with E-state index in [-0.39, 0.29) is 0 Å². The van der Waals surface area contributed by atoms with Crippen LogP contribution in [0.4, 0.5) is 0 Å². The molecule has 2 heterocycles. The van der Waals surface area contributed by atoms with Gasteiger partial charge in [-0.1, -0.05) is 0 Å². The van der Waals surface area contributed by atoms with Crippen LogP contribution in [-0.4, -0.2) is 36.6 Å². The molecule has 4 heteroatoms. The molecule has 0 amide bonds. The van der Waals surface area contributed by atoms with Gasteiger partial charge in [0.05, 0.1) is 6.20 Å². The van der Waals surface area contributed by atoms with E-state index >= 15 is 0 Å². The average Bonchev–Trinajstić information content (AvgIpc) is 2.65. The first-order chi connectivity index (χ1) is 7.74. The van der Waals surface area contributed by atoms with Crippen molar-refractivity contribution in [1.29, 1.82) is 0 Å². The third-order valence-corrected chi connectivity index (χ3v) is 3.44. The first kappa shape index (κ1) is 11.6. The van der Waals surface area contributed by atoms with Crippen molar-refractivity contribution in [3.8, 4) is 0 Å². The second-order valence-electron chi connectivity index (χ2n) is 4.84. The van der Waals surface area contributed by atoms with Crippen LogP contribution in [0.1, 0.15) is 18.4 Å². The molecule has 1 aliphatic heterocycles. The summed E-state index contributed by atoms with van der Waals surface area (Å²) in [6, 6.07) is 0. The van der Waals surface area contributed by atoms with Crippen LogP contribution in [0.25, 0.3) is 0 Å². The molecule has 0 atom stereocenters. The first-order valence-electron chi connectivity index (χ1n) is 5.94. The van der Waals surface area contributed by atoms with Gasteiger partial charge in [-0.15, -0.1) is 0 Å². The van der Waals surface area contributed by atoms with E-state index in [1.165, 1.54) is 5.56 Å². The van der Waals surface area contributed by atoms with Gasteiger partial charge >= 0.3 is 0 Å². The number of aromatic nitrogens is 2. The zero-order valence-electron chi connectivity index (χ0n) is 10.2. The Labute approximate surface area is 97.0 Å². The van der Waals surface area contributed by atoms with Crippen molar-refractivity contribution < 1.29 is 4.74 Å². The number of aryl methyl sites for hydroxylation is 1. The topological polar surface area (TPSA) is 39.1 Å². The van der Waals surface area contributed by atoms with Gasteiger partial charge in [0.25, 0.3) is 0 Å². The molecule has 0 unspecified atom stereocenters. The van der Waals surface area contributed by atoms with E-state index in [4.69, 9.17) is 4.74 Å². The molecule has 0 aliphatic carbocycles. The molecule has 1 aromatic heterocycles. The molecule has 2 rings (SSSR count). The van der Waals surface area contributed by atoms with E-state index in [1.54, 1.807) is 0 Å². The highest BCUT2D eigenvalue weighted by molar-refractivity contribution is 5.08. The van der Waals surface area contributed by atoms with Crippen LogP contribution in [0.2, 0.25) is 0 Å². The van der Waals surface area contributed by atoms with Gasteiger partial charge in [-0.2, -0.15) is 5.10 Å². The molecule has 0 saturated carbocycles. The molecule has 1 saturated heterocycles. The van der Waals surface area contributed by atoms with Gasteiger partial charge in [0.1, 0.15) is 0 Å². The van der Waals surface area contributed by atoms with E-state index in [2.05, 4.69) is 16.6 Å². The summed E-state index contributed by atoms with van der Waals surface area (Å²) in [5.74, 6) is 0. The Bertz CT molecular complexity index is 323. The quantitative estimate of drug-likeness (QED) is 0.827. The predicted molar refractivity (Wildman–Crippen MR) is 63.3 cm³/mol. The lowest BCUT2D eigenvalue weighted by atomic mass is 9.75. The third-order valence-electron chi connectivity index (χ3n) is 3.44. The molecule has 1 fully saturated rings. The second-order valence-corrected chi connectivity index (χ2v) is 4.84. The third kappa shape index (κ3) is 2.62. The van der Waals surface area contributed by atoms with Crippen LogP contribution in [0.15, 0.2) is 12.4 Å². The lowest BCUT2D eigenvalue weighted by molar-refractivity contribution is 0.0158. The molecule has 90 valence electrons. The number of hydrogen-bond donors (Lipinski definition) is 1. The van der Waals surface area contributed by atoms with Gasteiger partial charge in [-0.05, 0) is 37.3 Å². The van der Waals surface area contributed by atoms with E-state index < -0.39 is 0 Å². The molecule has 16 heavy (non-hydrogen) atoms. The Morgan fingerprint density at radius 3 is 2.81 bits per heavy atom. The van der Waals surface area contributed by atoms with Gasteiger partial charge < -0.3 is 10.1 Å². The van der Waals surface area contributed by atoms with Crippen molar-refractivity contribution in [2.75, 3.05) is 26.8 Å². The maximum atomic E-state index is 5.47. The minimum atomic E-state index is 0.357. The van der Waals surface area contributed by atoms with E-state index in [9.17, 15) is 0 Å². The smallest absolute Gasteiger partial charge is 0.0521 e.